The van der Waals surface area contributed by atoms with Gasteiger partial charge in [-0.2, -0.15) is 9.41 Å². The largest absolute Gasteiger partial charge is 0.273 e. The van der Waals surface area contributed by atoms with Gasteiger partial charge in [-0.1, -0.05) is 18.6 Å². The molecule has 1 saturated heterocycles. The van der Waals surface area contributed by atoms with Crippen LogP contribution in [-0.4, -0.2) is 42.4 Å². The molecule has 7 nitrogen and oxygen atoms in total. The first-order valence-corrected chi connectivity index (χ1v) is 11.5. The number of hydrogen-bond acceptors (Lipinski definition) is 6. The second-order valence-electron chi connectivity index (χ2n) is 6.76. The van der Waals surface area contributed by atoms with E-state index in [0.29, 0.717) is 18.8 Å². The zero-order valence-corrected chi connectivity index (χ0v) is 17.6. The van der Waals surface area contributed by atoms with Gasteiger partial charge in [0, 0.05) is 18.5 Å². The lowest BCUT2D eigenvalue weighted by Gasteiger charge is -2.25. The summed E-state index contributed by atoms with van der Waals surface area (Å²) in [5.74, 6) is -0.242. The Morgan fingerprint density at radius 2 is 1.89 bits per heavy atom. The Morgan fingerprint density at radius 1 is 1.21 bits per heavy atom. The van der Waals surface area contributed by atoms with Crippen LogP contribution in [0.2, 0.25) is 0 Å². The van der Waals surface area contributed by atoms with Crippen molar-refractivity contribution in [2.45, 2.75) is 44.4 Å². The molecule has 1 amide bonds. The number of benzene rings is 1. The van der Waals surface area contributed by atoms with E-state index >= 15 is 0 Å². The maximum atomic E-state index is 12.7. The third-order valence-electron chi connectivity index (χ3n) is 4.58. The molecule has 1 N–H and O–H groups in total. The highest BCUT2D eigenvalue weighted by molar-refractivity contribution is 7.89. The van der Waals surface area contributed by atoms with Crippen LogP contribution in [0.5, 0.6) is 0 Å². The first-order valence-electron chi connectivity index (χ1n) is 9.21. The first-order chi connectivity index (χ1) is 13.4. The molecule has 1 aliphatic rings. The Hall–Kier alpha value is -2.10. The molecule has 0 unspecified atom stereocenters. The predicted molar refractivity (Wildman–Crippen MR) is 110 cm³/mol. The molecule has 1 aromatic heterocycles. The van der Waals surface area contributed by atoms with Crippen LogP contribution in [0.25, 0.3) is 0 Å². The number of hydrogen-bond donors (Lipinski definition) is 1. The Balaban J connectivity index is 1.63. The molecule has 3 rings (SSSR count). The van der Waals surface area contributed by atoms with Crippen LogP contribution in [0.15, 0.2) is 39.6 Å². The zero-order valence-electron chi connectivity index (χ0n) is 16.0. The molecule has 2 heterocycles. The van der Waals surface area contributed by atoms with E-state index in [1.165, 1.54) is 11.3 Å². The summed E-state index contributed by atoms with van der Waals surface area (Å²) in [5, 5.41) is 6.88. The van der Waals surface area contributed by atoms with Crippen molar-refractivity contribution in [3.8, 4) is 0 Å². The van der Waals surface area contributed by atoms with E-state index in [4.69, 9.17) is 0 Å². The SMILES string of the molecule is C/C(=N/NC(=O)Cc1csc(C)n1)c1ccc(S(=O)(=O)N2CCCCC2)cc1. The summed E-state index contributed by atoms with van der Waals surface area (Å²) in [6, 6.07) is 6.62. The fourth-order valence-corrected chi connectivity index (χ4v) is 5.16. The first kappa shape index (κ1) is 20.6. The molecule has 9 heteroatoms. The fraction of sp³-hybridized carbons (Fsp3) is 0.421. The van der Waals surface area contributed by atoms with E-state index in [9.17, 15) is 13.2 Å². The molecule has 1 aromatic carbocycles. The Morgan fingerprint density at radius 3 is 2.50 bits per heavy atom. The normalized spacial score (nSPS) is 16.1. The van der Waals surface area contributed by atoms with Gasteiger partial charge in [0.15, 0.2) is 0 Å². The maximum Gasteiger partial charge on any atom is 0.246 e. The predicted octanol–water partition coefficient (Wildman–Crippen LogP) is 2.71. The molecule has 0 atom stereocenters. The standard InChI is InChI=1S/C19H24N4O3S2/c1-14(21-22-19(24)12-17-13-27-15(2)20-17)16-6-8-18(9-7-16)28(25,26)23-10-4-3-5-11-23/h6-9,13H,3-5,10-12H2,1-2H3,(H,22,24)/b21-14-. The van der Waals surface area contributed by atoms with Crippen LogP contribution in [0.1, 0.15) is 42.5 Å². The number of sulfonamides is 1. The second-order valence-corrected chi connectivity index (χ2v) is 9.76. The molecule has 0 aliphatic carbocycles. The summed E-state index contributed by atoms with van der Waals surface area (Å²) in [7, 11) is -3.45. The Kier molecular flexibility index (Phi) is 6.58. The van der Waals surface area contributed by atoms with Gasteiger partial charge in [0.25, 0.3) is 0 Å². The minimum absolute atomic E-state index is 0.175. The van der Waals surface area contributed by atoms with Crippen LogP contribution in [0.4, 0.5) is 0 Å². The molecule has 1 fully saturated rings. The van der Waals surface area contributed by atoms with Gasteiger partial charge in [-0.3, -0.25) is 4.79 Å². The third-order valence-corrected chi connectivity index (χ3v) is 7.32. The van der Waals surface area contributed by atoms with Gasteiger partial charge in [0.2, 0.25) is 15.9 Å². The molecule has 0 saturated carbocycles. The maximum absolute atomic E-state index is 12.7. The number of hydrazone groups is 1. The number of nitrogens with one attached hydrogen (secondary N) is 1. The van der Waals surface area contributed by atoms with Gasteiger partial charge in [-0.15, -0.1) is 11.3 Å². The number of nitrogens with zero attached hydrogens (tertiary/aromatic N) is 3. The Labute approximate surface area is 169 Å². The van der Waals surface area contributed by atoms with Crippen LogP contribution >= 0.6 is 11.3 Å². The van der Waals surface area contributed by atoms with Gasteiger partial charge in [-0.05, 0) is 44.4 Å². The van der Waals surface area contributed by atoms with Crippen LogP contribution in [0.3, 0.4) is 0 Å². The van der Waals surface area contributed by atoms with Gasteiger partial charge in [0.05, 0.1) is 27.7 Å². The number of carbonyl (C=O) groups excluding carboxylic acids is 1. The number of thiazole rings is 1. The van der Waals surface area contributed by atoms with E-state index in [1.54, 1.807) is 35.5 Å². The zero-order chi connectivity index (χ0) is 20.1. The lowest BCUT2D eigenvalue weighted by molar-refractivity contribution is -0.120. The van der Waals surface area contributed by atoms with Gasteiger partial charge in [0.1, 0.15) is 0 Å². The summed E-state index contributed by atoms with van der Waals surface area (Å²) in [6.07, 6.45) is 3.06. The van der Waals surface area contributed by atoms with Crippen molar-refractivity contribution in [3.05, 3.63) is 45.9 Å². The van der Waals surface area contributed by atoms with Crippen LogP contribution in [-0.2, 0) is 21.2 Å². The molecule has 28 heavy (non-hydrogen) atoms. The number of rotatable bonds is 6. The minimum Gasteiger partial charge on any atom is -0.273 e. The summed E-state index contributed by atoms with van der Waals surface area (Å²) < 4.78 is 26.9. The highest BCUT2D eigenvalue weighted by Crippen LogP contribution is 2.21. The number of piperidine rings is 1. The molecule has 0 bridgehead atoms. The monoisotopic (exact) mass is 420 g/mol. The van der Waals surface area contributed by atoms with E-state index in [0.717, 1.165) is 35.5 Å². The lowest BCUT2D eigenvalue weighted by atomic mass is 10.1. The average Bonchev–Trinajstić information content (AvgIpc) is 3.11. The molecular weight excluding hydrogens is 396 g/mol. The van der Waals surface area contributed by atoms with Crippen molar-refractivity contribution >= 4 is 33.0 Å². The van der Waals surface area contributed by atoms with Crippen molar-refractivity contribution < 1.29 is 13.2 Å². The second kappa shape index (κ2) is 8.93. The topological polar surface area (TPSA) is 91.7 Å². The van der Waals surface area contributed by atoms with Gasteiger partial charge in [-0.25, -0.2) is 18.8 Å². The van der Waals surface area contributed by atoms with Crippen molar-refractivity contribution in [1.29, 1.82) is 0 Å². The molecule has 2 aromatic rings. The lowest BCUT2D eigenvalue weighted by Crippen LogP contribution is -2.35. The smallest absolute Gasteiger partial charge is 0.246 e. The van der Waals surface area contributed by atoms with Crippen LogP contribution < -0.4 is 5.43 Å². The van der Waals surface area contributed by atoms with E-state index in [2.05, 4.69) is 15.5 Å². The minimum atomic E-state index is -3.45. The Bertz CT molecular complexity index is 959. The number of aryl methyl sites for hydroxylation is 1. The van der Waals surface area contributed by atoms with Crippen molar-refractivity contribution in [2.24, 2.45) is 5.10 Å². The van der Waals surface area contributed by atoms with Crippen molar-refractivity contribution in [3.63, 3.8) is 0 Å². The number of amides is 1. The highest BCUT2D eigenvalue weighted by Gasteiger charge is 2.25. The van der Waals surface area contributed by atoms with Crippen molar-refractivity contribution in [2.75, 3.05) is 13.1 Å². The van der Waals surface area contributed by atoms with Crippen molar-refractivity contribution in [1.82, 2.24) is 14.7 Å². The van der Waals surface area contributed by atoms with E-state index in [-0.39, 0.29) is 17.2 Å². The molecule has 0 spiro atoms. The van der Waals surface area contributed by atoms with Crippen LogP contribution in [0, 0.1) is 6.92 Å². The quantitative estimate of drug-likeness (QED) is 0.574. The summed E-state index contributed by atoms with van der Waals surface area (Å²) in [6.45, 7) is 4.81. The highest BCUT2D eigenvalue weighted by atomic mass is 32.2. The summed E-state index contributed by atoms with van der Waals surface area (Å²) >= 11 is 1.50. The van der Waals surface area contributed by atoms with Gasteiger partial charge < -0.3 is 0 Å². The summed E-state index contributed by atoms with van der Waals surface area (Å²) in [5.41, 5.74) is 4.60. The third kappa shape index (κ3) is 5.03. The molecule has 150 valence electrons. The molecule has 0 radical (unpaired) electrons. The van der Waals surface area contributed by atoms with E-state index in [1.807, 2.05) is 12.3 Å². The molecule has 1 aliphatic heterocycles. The van der Waals surface area contributed by atoms with E-state index < -0.39 is 10.0 Å². The average molecular weight is 421 g/mol. The van der Waals surface area contributed by atoms with Gasteiger partial charge >= 0.3 is 0 Å². The number of carbonyl (C=O) groups is 1. The number of aromatic nitrogens is 1. The fourth-order valence-electron chi connectivity index (χ4n) is 3.03. The molecular formula is C19H24N4O3S2. The summed E-state index contributed by atoms with van der Waals surface area (Å²) in [4.78, 5) is 16.5.